The molecule has 1 saturated carbocycles. The summed E-state index contributed by atoms with van der Waals surface area (Å²) in [5, 5.41) is 5.48. The quantitative estimate of drug-likeness (QED) is 0.728. The molecule has 1 atom stereocenters. The van der Waals surface area contributed by atoms with E-state index in [9.17, 15) is 22.8 Å². The lowest BCUT2D eigenvalue weighted by Gasteiger charge is -2.35. The lowest BCUT2D eigenvalue weighted by atomic mass is 9.92. The van der Waals surface area contributed by atoms with Crippen LogP contribution in [-0.4, -0.2) is 41.9 Å². The zero-order valence-corrected chi connectivity index (χ0v) is 16.6. The third-order valence-electron chi connectivity index (χ3n) is 6.07. The Hall–Kier alpha value is -2.09. The van der Waals surface area contributed by atoms with Crippen LogP contribution >= 0.6 is 0 Å². The summed E-state index contributed by atoms with van der Waals surface area (Å²) in [5.74, 6) is -4.80. The Morgan fingerprint density at radius 2 is 1.66 bits per heavy atom. The van der Waals surface area contributed by atoms with Crippen molar-refractivity contribution in [1.29, 1.82) is 0 Å². The lowest BCUT2D eigenvalue weighted by Crippen LogP contribution is -2.49. The standard InChI is InChI=1S/C21H28F3N3O2/c1-13(20(28)26-17-8-7-16(22)18(23)19(17)24)27-11-9-14(10-12-27)21(29)25-15-5-3-2-4-6-15/h7-8,13-15H,2-6,9-12H2,1H3,(H,25,29)(H,26,28). The van der Waals surface area contributed by atoms with E-state index in [2.05, 4.69) is 10.6 Å². The van der Waals surface area contributed by atoms with Gasteiger partial charge in [0, 0.05) is 12.0 Å². The van der Waals surface area contributed by atoms with Gasteiger partial charge in [0.1, 0.15) is 0 Å². The maximum absolute atomic E-state index is 13.8. The van der Waals surface area contributed by atoms with Crippen molar-refractivity contribution in [2.75, 3.05) is 18.4 Å². The topological polar surface area (TPSA) is 61.4 Å². The molecule has 160 valence electrons. The number of carbonyl (C=O) groups excluding carboxylic acids is 2. The number of likely N-dealkylation sites (tertiary alicyclic amines) is 1. The van der Waals surface area contributed by atoms with E-state index in [1.807, 2.05) is 4.90 Å². The molecule has 1 aliphatic carbocycles. The summed E-state index contributed by atoms with van der Waals surface area (Å²) >= 11 is 0. The molecule has 2 N–H and O–H groups in total. The van der Waals surface area contributed by atoms with Crippen LogP contribution in [0.15, 0.2) is 12.1 Å². The van der Waals surface area contributed by atoms with Crippen LogP contribution in [0.1, 0.15) is 51.9 Å². The van der Waals surface area contributed by atoms with Gasteiger partial charge in [0.15, 0.2) is 17.5 Å². The van der Waals surface area contributed by atoms with E-state index >= 15 is 0 Å². The fourth-order valence-corrected chi connectivity index (χ4v) is 4.14. The molecule has 0 aromatic heterocycles. The number of halogens is 3. The fourth-order valence-electron chi connectivity index (χ4n) is 4.14. The van der Waals surface area contributed by atoms with E-state index in [0.29, 0.717) is 25.9 Å². The molecule has 0 radical (unpaired) electrons. The number of nitrogens with one attached hydrogen (secondary N) is 2. The zero-order chi connectivity index (χ0) is 21.0. The number of hydrogen-bond acceptors (Lipinski definition) is 3. The van der Waals surface area contributed by atoms with Gasteiger partial charge in [0.05, 0.1) is 11.7 Å². The Labute approximate surface area is 169 Å². The van der Waals surface area contributed by atoms with Gasteiger partial charge in [0.25, 0.3) is 0 Å². The minimum Gasteiger partial charge on any atom is -0.353 e. The van der Waals surface area contributed by atoms with E-state index in [1.165, 1.54) is 6.42 Å². The summed E-state index contributed by atoms with van der Waals surface area (Å²) in [4.78, 5) is 26.8. The predicted molar refractivity (Wildman–Crippen MR) is 104 cm³/mol. The van der Waals surface area contributed by atoms with Crippen LogP contribution in [0.25, 0.3) is 0 Å². The van der Waals surface area contributed by atoms with Gasteiger partial charge in [-0.3, -0.25) is 14.5 Å². The summed E-state index contributed by atoms with van der Waals surface area (Å²) < 4.78 is 40.1. The third kappa shape index (κ3) is 5.29. The summed E-state index contributed by atoms with van der Waals surface area (Å²) in [6, 6.07) is 1.48. The van der Waals surface area contributed by atoms with Gasteiger partial charge in [-0.1, -0.05) is 19.3 Å². The number of carbonyl (C=O) groups is 2. The third-order valence-corrected chi connectivity index (χ3v) is 6.07. The molecular formula is C21H28F3N3O2. The Kier molecular flexibility index (Phi) is 7.16. The number of anilines is 1. The van der Waals surface area contributed by atoms with Crippen LogP contribution in [0.2, 0.25) is 0 Å². The number of nitrogens with zero attached hydrogens (tertiary/aromatic N) is 1. The molecule has 1 aromatic carbocycles. The molecular weight excluding hydrogens is 383 g/mol. The van der Waals surface area contributed by atoms with Crippen molar-refractivity contribution in [2.24, 2.45) is 5.92 Å². The van der Waals surface area contributed by atoms with Gasteiger partial charge >= 0.3 is 0 Å². The molecule has 29 heavy (non-hydrogen) atoms. The summed E-state index contributed by atoms with van der Waals surface area (Å²) in [7, 11) is 0. The molecule has 1 heterocycles. The summed E-state index contributed by atoms with van der Waals surface area (Å²) in [5.41, 5.74) is -0.387. The van der Waals surface area contributed by atoms with Crippen LogP contribution in [0.4, 0.5) is 18.9 Å². The van der Waals surface area contributed by atoms with Crippen LogP contribution in [-0.2, 0) is 9.59 Å². The largest absolute Gasteiger partial charge is 0.353 e. The van der Waals surface area contributed by atoms with Crippen LogP contribution in [0.3, 0.4) is 0 Å². The van der Waals surface area contributed by atoms with Gasteiger partial charge < -0.3 is 10.6 Å². The van der Waals surface area contributed by atoms with Crippen molar-refractivity contribution < 1.29 is 22.8 Å². The Bertz CT molecular complexity index is 745. The molecule has 1 aromatic rings. The van der Waals surface area contributed by atoms with E-state index in [0.717, 1.165) is 37.8 Å². The molecule has 1 saturated heterocycles. The van der Waals surface area contributed by atoms with Gasteiger partial charge in [-0.15, -0.1) is 0 Å². The summed E-state index contributed by atoms with van der Waals surface area (Å²) in [6.07, 6.45) is 6.94. The number of benzene rings is 1. The first-order valence-electron chi connectivity index (χ1n) is 10.4. The SMILES string of the molecule is CC(C(=O)Nc1ccc(F)c(F)c1F)N1CCC(C(=O)NC2CCCCC2)CC1. The molecule has 1 aliphatic heterocycles. The highest BCUT2D eigenvalue weighted by Crippen LogP contribution is 2.24. The highest BCUT2D eigenvalue weighted by atomic mass is 19.2. The molecule has 8 heteroatoms. The smallest absolute Gasteiger partial charge is 0.241 e. The molecule has 2 amide bonds. The van der Waals surface area contributed by atoms with Crippen molar-refractivity contribution in [3.05, 3.63) is 29.6 Å². The number of amides is 2. The molecule has 0 bridgehead atoms. The maximum Gasteiger partial charge on any atom is 0.241 e. The first-order chi connectivity index (χ1) is 13.9. The zero-order valence-electron chi connectivity index (χ0n) is 16.6. The minimum absolute atomic E-state index is 0.0629. The second-order valence-electron chi connectivity index (χ2n) is 8.04. The van der Waals surface area contributed by atoms with Crippen molar-refractivity contribution >= 4 is 17.5 Å². The average molecular weight is 411 g/mol. The molecule has 2 aliphatic rings. The number of hydrogen-bond donors (Lipinski definition) is 2. The summed E-state index contributed by atoms with van der Waals surface area (Å²) in [6.45, 7) is 2.81. The molecule has 2 fully saturated rings. The van der Waals surface area contributed by atoms with Crippen LogP contribution in [0.5, 0.6) is 0 Å². The normalized spacial score (nSPS) is 20.3. The Morgan fingerprint density at radius 1 is 1.00 bits per heavy atom. The number of piperidine rings is 1. The van der Waals surface area contributed by atoms with Crippen LogP contribution in [0, 0.1) is 23.4 Å². The Morgan fingerprint density at radius 3 is 2.31 bits per heavy atom. The van der Waals surface area contributed by atoms with E-state index in [-0.39, 0.29) is 23.6 Å². The number of rotatable bonds is 5. The van der Waals surface area contributed by atoms with E-state index in [4.69, 9.17) is 0 Å². The van der Waals surface area contributed by atoms with Gasteiger partial charge in [-0.05, 0) is 57.8 Å². The first-order valence-corrected chi connectivity index (χ1v) is 10.4. The maximum atomic E-state index is 13.8. The van der Waals surface area contributed by atoms with Crippen molar-refractivity contribution in [3.63, 3.8) is 0 Å². The van der Waals surface area contributed by atoms with Gasteiger partial charge in [-0.25, -0.2) is 13.2 Å². The Balaban J connectivity index is 1.49. The van der Waals surface area contributed by atoms with E-state index < -0.39 is 29.4 Å². The van der Waals surface area contributed by atoms with Gasteiger partial charge in [0.2, 0.25) is 11.8 Å². The van der Waals surface area contributed by atoms with Gasteiger partial charge in [-0.2, -0.15) is 0 Å². The molecule has 1 unspecified atom stereocenters. The average Bonchev–Trinajstić information content (AvgIpc) is 2.74. The molecule has 0 spiro atoms. The first kappa shape index (κ1) is 21.6. The second-order valence-corrected chi connectivity index (χ2v) is 8.04. The molecule has 5 nitrogen and oxygen atoms in total. The molecule has 3 rings (SSSR count). The van der Waals surface area contributed by atoms with E-state index in [1.54, 1.807) is 6.92 Å². The second kappa shape index (κ2) is 9.61. The fraction of sp³-hybridized carbons (Fsp3) is 0.619. The predicted octanol–water partition coefficient (Wildman–Crippen LogP) is 3.59. The minimum atomic E-state index is -1.61. The van der Waals surface area contributed by atoms with Crippen molar-refractivity contribution in [2.45, 2.75) is 64.0 Å². The van der Waals surface area contributed by atoms with Crippen LogP contribution < -0.4 is 10.6 Å². The highest BCUT2D eigenvalue weighted by Gasteiger charge is 2.31. The van der Waals surface area contributed by atoms with Crippen molar-refractivity contribution in [3.8, 4) is 0 Å². The monoisotopic (exact) mass is 411 g/mol. The lowest BCUT2D eigenvalue weighted by molar-refractivity contribution is -0.128. The van der Waals surface area contributed by atoms with Crippen molar-refractivity contribution in [1.82, 2.24) is 10.2 Å². The highest BCUT2D eigenvalue weighted by molar-refractivity contribution is 5.94.